The van der Waals surface area contributed by atoms with Gasteiger partial charge in [-0.25, -0.2) is 4.98 Å². The summed E-state index contributed by atoms with van der Waals surface area (Å²) < 4.78 is 47.3. The van der Waals surface area contributed by atoms with Gasteiger partial charge in [0.1, 0.15) is 0 Å². The molecule has 162 valence electrons. The van der Waals surface area contributed by atoms with E-state index in [1.807, 2.05) is 0 Å². The second-order valence-electron chi connectivity index (χ2n) is 8.02. The lowest BCUT2D eigenvalue weighted by atomic mass is 9.89. The van der Waals surface area contributed by atoms with E-state index in [4.69, 9.17) is 10.5 Å². The molecule has 1 unspecified atom stereocenters. The smallest absolute Gasteiger partial charge is 0.415 e. The van der Waals surface area contributed by atoms with E-state index in [-0.39, 0.29) is 29.0 Å². The number of methoxy groups -OCH3 is 1. The molecule has 4 rings (SSSR count). The summed E-state index contributed by atoms with van der Waals surface area (Å²) in [4.78, 5) is 16.5. The zero-order valence-corrected chi connectivity index (χ0v) is 16.5. The molecule has 30 heavy (non-hydrogen) atoms. The molecule has 2 aliphatic carbocycles. The third-order valence-corrected chi connectivity index (χ3v) is 5.78. The van der Waals surface area contributed by atoms with Crippen LogP contribution in [0.25, 0.3) is 0 Å². The van der Waals surface area contributed by atoms with Gasteiger partial charge in [-0.05, 0) is 55.6 Å². The highest BCUT2D eigenvalue weighted by Crippen LogP contribution is 2.50. The number of aromatic nitrogens is 3. The van der Waals surface area contributed by atoms with Gasteiger partial charge in [-0.2, -0.15) is 18.3 Å². The highest BCUT2D eigenvalue weighted by Gasteiger charge is 2.47. The number of ether oxygens (including phenoxy) is 1. The predicted molar refractivity (Wildman–Crippen MR) is 103 cm³/mol. The molecule has 2 aliphatic rings. The fourth-order valence-electron chi connectivity index (χ4n) is 4.13. The van der Waals surface area contributed by atoms with Crippen molar-refractivity contribution in [2.24, 2.45) is 23.5 Å². The molecule has 2 aromatic heterocycles. The second kappa shape index (κ2) is 7.90. The lowest BCUT2D eigenvalue weighted by Crippen LogP contribution is -2.43. The van der Waals surface area contributed by atoms with Gasteiger partial charge in [0.05, 0.1) is 25.0 Å². The van der Waals surface area contributed by atoms with E-state index in [1.54, 1.807) is 0 Å². The number of nitrogens with two attached hydrogens (primary N) is 1. The first-order chi connectivity index (χ1) is 14.3. The van der Waals surface area contributed by atoms with Crippen LogP contribution < -0.4 is 15.8 Å². The predicted octanol–water partition coefficient (Wildman–Crippen LogP) is 3.14. The highest BCUT2D eigenvalue weighted by molar-refractivity contribution is 5.94. The summed E-state index contributed by atoms with van der Waals surface area (Å²) in [5.74, 6) is 0.574. The first kappa shape index (κ1) is 20.6. The summed E-state index contributed by atoms with van der Waals surface area (Å²) in [6.45, 7) is 0. The topological polar surface area (TPSA) is 95.1 Å². The van der Waals surface area contributed by atoms with E-state index in [0.717, 1.165) is 36.6 Å². The third kappa shape index (κ3) is 4.28. The largest absolute Gasteiger partial charge is 0.481 e. The number of hydrogen-bond acceptors (Lipinski definition) is 5. The molecular formula is C20H24F3N5O2. The average molecular weight is 423 g/mol. The van der Waals surface area contributed by atoms with Gasteiger partial charge in [0, 0.05) is 18.0 Å². The third-order valence-electron chi connectivity index (χ3n) is 5.78. The maximum Gasteiger partial charge on any atom is 0.415 e. The SMILES string of the molecule is COc1ncccc1C(n1cc(NC(=O)[C@@H](N)C(C2CC2)C2CC2)cn1)C(F)(F)F. The summed E-state index contributed by atoms with van der Waals surface area (Å²) in [6.07, 6.45) is 3.38. The molecule has 2 aromatic rings. The quantitative estimate of drug-likeness (QED) is 0.680. The molecule has 2 atom stereocenters. The van der Waals surface area contributed by atoms with Crippen LogP contribution in [-0.2, 0) is 4.79 Å². The van der Waals surface area contributed by atoms with Crippen molar-refractivity contribution in [3.63, 3.8) is 0 Å². The number of carbonyl (C=O) groups is 1. The minimum Gasteiger partial charge on any atom is -0.481 e. The second-order valence-corrected chi connectivity index (χ2v) is 8.02. The van der Waals surface area contributed by atoms with Crippen molar-refractivity contribution in [1.29, 1.82) is 0 Å². The van der Waals surface area contributed by atoms with Crippen LogP contribution in [0, 0.1) is 17.8 Å². The molecular weight excluding hydrogens is 399 g/mol. The number of anilines is 1. The zero-order valence-electron chi connectivity index (χ0n) is 16.5. The normalized spacial score (nSPS) is 18.9. The van der Waals surface area contributed by atoms with E-state index in [2.05, 4.69) is 15.4 Å². The van der Waals surface area contributed by atoms with Gasteiger partial charge in [0.15, 0.2) is 6.04 Å². The molecule has 0 aromatic carbocycles. The van der Waals surface area contributed by atoms with Crippen molar-refractivity contribution in [3.8, 4) is 5.88 Å². The Balaban J connectivity index is 1.53. The number of carbonyl (C=O) groups excluding carboxylic acids is 1. The van der Waals surface area contributed by atoms with Crippen molar-refractivity contribution in [2.75, 3.05) is 12.4 Å². The molecule has 1 amide bonds. The monoisotopic (exact) mass is 423 g/mol. The van der Waals surface area contributed by atoms with Crippen LogP contribution in [0.3, 0.4) is 0 Å². The van der Waals surface area contributed by atoms with Gasteiger partial charge in [-0.15, -0.1) is 0 Å². The molecule has 2 heterocycles. The Morgan fingerprint density at radius 1 is 1.30 bits per heavy atom. The summed E-state index contributed by atoms with van der Waals surface area (Å²) in [5, 5.41) is 6.48. The Labute approximate surface area is 171 Å². The van der Waals surface area contributed by atoms with Crippen LogP contribution in [0.2, 0.25) is 0 Å². The molecule has 2 fully saturated rings. The first-order valence-corrected chi connectivity index (χ1v) is 9.95. The number of pyridine rings is 1. The number of rotatable bonds is 8. The highest BCUT2D eigenvalue weighted by atomic mass is 19.4. The van der Waals surface area contributed by atoms with Crippen molar-refractivity contribution in [3.05, 3.63) is 36.3 Å². The van der Waals surface area contributed by atoms with Gasteiger partial charge in [0.2, 0.25) is 11.8 Å². The molecule has 3 N–H and O–H groups in total. The zero-order chi connectivity index (χ0) is 21.5. The average Bonchev–Trinajstić information content (AvgIpc) is 3.63. The summed E-state index contributed by atoms with van der Waals surface area (Å²) in [5.41, 5.74) is 6.20. The fraction of sp³-hybridized carbons (Fsp3) is 0.550. The van der Waals surface area contributed by atoms with E-state index in [0.29, 0.717) is 11.8 Å². The maximum absolute atomic E-state index is 13.9. The number of nitrogens with zero attached hydrogens (tertiary/aromatic N) is 3. The lowest BCUT2D eigenvalue weighted by Gasteiger charge is -2.23. The van der Waals surface area contributed by atoms with Crippen molar-refractivity contribution < 1.29 is 22.7 Å². The van der Waals surface area contributed by atoms with Crippen LogP contribution in [0.15, 0.2) is 30.7 Å². The van der Waals surface area contributed by atoms with Crippen LogP contribution in [-0.4, -0.2) is 40.0 Å². The maximum atomic E-state index is 13.9. The number of hydrogen-bond donors (Lipinski definition) is 2. The lowest BCUT2D eigenvalue weighted by molar-refractivity contribution is -0.159. The Morgan fingerprint density at radius 3 is 2.53 bits per heavy atom. The summed E-state index contributed by atoms with van der Waals surface area (Å²) >= 11 is 0. The minimum absolute atomic E-state index is 0.139. The standard InChI is InChI=1S/C20H24F3N5O2/c1-30-19-14(3-2-8-25-19)17(20(21,22)23)28-10-13(9-26-28)27-18(29)16(24)15(11-4-5-11)12-6-7-12/h2-3,8-12,15-17H,4-7,24H2,1H3,(H,27,29)/t16-,17?/m0/s1. The van der Waals surface area contributed by atoms with Gasteiger partial charge < -0.3 is 15.8 Å². The van der Waals surface area contributed by atoms with Crippen LogP contribution in [0.5, 0.6) is 5.88 Å². The Hall–Kier alpha value is -2.62. The van der Waals surface area contributed by atoms with Crippen LogP contribution >= 0.6 is 0 Å². The van der Waals surface area contributed by atoms with Crippen molar-refractivity contribution in [1.82, 2.24) is 14.8 Å². The van der Waals surface area contributed by atoms with E-state index < -0.39 is 18.3 Å². The molecule has 7 nitrogen and oxygen atoms in total. The fourth-order valence-corrected chi connectivity index (χ4v) is 4.13. The first-order valence-electron chi connectivity index (χ1n) is 9.95. The minimum atomic E-state index is -4.65. The van der Waals surface area contributed by atoms with Gasteiger partial charge in [-0.3, -0.25) is 9.48 Å². The molecule has 0 bridgehead atoms. The van der Waals surface area contributed by atoms with Gasteiger partial charge in [-0.1, -0.05) is 0 Å². The van der Waals surface area contributed by atoms with E-state index >= 15 is 0 Å². The van der Waals surface area contributed by atoms with Crippen molar-refractivity contribution in [2.45, 2.75) is 43.9 Å². The Morgan fingerprint density at radius 2 is 1.97 bits per heavy atom. The summed E-state index contributed by atoms with van der Waals surface area (Å²) in [7, 11) is 1.26. The molecule has 2 saturated carbocycles. The molecule has 0 aliphatic heterocycles. The molecule has 0 saturated heterocycles. The number of halogens is 3. The van der Waals surface area contributed by atoms with Gasteiger partial charge >= 0.3 is 6.18 Å². The molecule has 0 spiro atoms. The van der Waals surface area contributed by atoms with E-state index in [1.165, 1.54) is 31.6 Å². The number of alkyl halides is 3. The number of amides is 1. The van der Waals surface area contributed by atoms with Gasteiger partial charge in [0.25, 0.3) is 0 Å². The van der Waals surface area contributed by atoms with Crippen molar-refractivity contribution >= 4 is 11.6 Å². The molecule has 0 radical (unpaired) electrons. The van der Waals surface area contributed by atoms with Crippen LogP contribution in [0.1, 0.15) is 37.3 Å². The Kier molecular flexibility index (Phi) is 5.44. The van der Waals surface area contributed by atoms with E-state index in [9.17, 15) is 18.0 Å². The summed E-state index contributed by atoms with van der Waals surface area (Å²) in [6, 6.07) is -0.0933. The van der Waals surface area contributed by atoms with Crippen LogP contribution in [0.4, 0.5) is 18.9 Å². The Bertz CT molecular complexity index is 896. The number of nitrogens with one attached hydrogen (secondary N) is 1. The molecule has 10 heteroatoms.